The summed E-state index contributed by atoms with van der Waals surface area (Å²) in [6, 6.07) is 15.1. The second-order valence-electron chi connectivity index (χ2n) is 18.4. The van der Waals surface area contributed by atoms with Crippen LogP contribution in [-0.2, 0) is 4.79 Å². The van der Waals surface area contributed by atoms with Crippen molar-refractivity contribution in [3.63, 3.8) is 0 Å². The highest BCUT2D eigenvalue weighted by Crippen LogP contribution is 2.26. The van der Waals surface area contributed by atoms with Gasteiger partial charge in [0.1, 0.15) is 6.04 Å². The third-order valence-corrected chi connectivity index (χ3v) is 11.7. The lowest BCUT2D eigenvalue weighted by Gasteiger charge is -2.28. The molecule has 0 aliphatic heterocycles. The van der Waals surface area contributed by atoms with Gasteiger partial charge in [-0.05, 0) is 71.9 Å². The normalized spacial score (nSPS) is 13.1. The molecule has 0 heterocycles. The molecule has 60 heavy (non-hydrogen) atoms. The molecule has 0 bridgehead atoms. The van der Waals surface area contributed by atoms with E-state index in [9.17, 15) is 14.4 Å². The quantitative estimate of drug-likeness (QED) is 0.0373. The SMILES string of the molecule is CCCCCCCCCCCCCCCCCCNC(=O)[C@@H](NC(=O)NCCC(C)CC(C)(C)CNC(=O)Nc1ccc(/C=C/c2ccc(N(C)C)cc2)cc1)[C@@H](C)CC. The summed E-state index contributed by atoms with van der Waals surface area (Å²) in [4.78, 5) is 40.8. The number of rotatable bonds is 32. The molecule has 0 saturated heterocycles. The molecule has 0 aliphatic rings. The second kappa shape index (κ2) is 30.9. The molecule has 0 spiro atoms. The topological polar surface area (TPSA) is 115 Å². The van der Waals surface area contributed by atoms with E-state index in [1.807, 2.05) is 52.2 Å². The van der Waals surface area contributed by atoms with Crippen LogP contribution in [0.3, 0.4) is 0 Å². The van der Waals surface area contributed by atoms with Crippen molar-refractivity contribution in [3.8, 4) is 0 Å². The Morgan fingerprint density at radius 3 is 1.63 bits per heavy atom. The van der Waals surface area contributed by atoms with E-state index in [4.69, 9.17) is 0 Å². The van der Waals surface area contributed by atoms with Crippen LogP contribution in [0.15, 0.2) is 48.5 Å². The number of hydrogen-bond acceptors (Lipinski definition) is 4. The number of hydrogen-bond donors (Lipinski definition) is 5. The first-order valence-corrected chi connectivity index (χ1v) is 23.8. The first-order chi connectivity index (χ1) is 28.8. The molecule has 9 heteroatoms. The number of nitrogens with zero attached hydrogens (tertiary/aromatic N) is 1. The Hall–Kier alpha value is -4.01. The second-order valence-corrected chi connectivity index (χ2v) is 18.4. The van der Waals surface area contributed by atoms with Gasteiger partial charge in [0, 0.05) is 45.1 Å². The molecule has 2 aromatic carbocycles. The zero-order chi connectivity index (χ0) is 44.0. The van der Waals surface area contributed by atoms with Crippen molar-refractivity contribution in [1.82, 2.24) is 21.3 Å². The number of unbranched alkanes of at least 4 members (excludes halogenated alkanes) is 15. The van der Waals surface area contributed by atoms with Gasteiger partial charge in [-0.15, -0.1) is 0 Å². The van der Waals surface area contributed by atoms with Crippen molar-refractivity contribution in [3.05, 3.63) is 59.7 Å². The number of urea groups is 2. The lowest BCUT2D eigenvalue weighted by molar-refractivity contribution is -0.124. The zero-order valence-corrected chi connectivity index (χ0v) is 39.2. The minimum absolute atomic E-state index is 0.0322. The lowest BCUT2D eigenvalue weighted by Crippen LogP contribution is -2.53. The van der Waals surface area contributed by atoms with Gasteiger partial charge in [-0.2, -0.15) is 0 Å². The Kier molecular flexibility index (Phi) is 26.9. The van der Waals surface area contributed by atoms with Crippen molar-refractivity contribution in [2.24, 2.45) is 17.3 Å². The molecule has 2 rings (SSSR count). The van der Waals surface area contributed by atoms with Crippen molar-refractivity contribution in [2.45, 2.75) is 170 Å². The average Bonchev–Trinajstić information content (AvgIpc) is 3.22. The Labute approximate surface area is 366 Å². The van der Waals surface area contributed by atoms with Crippen LogP contribution < -0.4 is 31.5 Å². The molecule has 0 fully saturated rings. The Bertz CT molecular complexity index is 1470. The summed E-state index contributed by atoms with van der Waals surface area (Å²) in [5.74, 6) is 0.258. The minimum atomic E-state index is -0.559. The zero-order valence-electron chi connectivity index (χ0n) is 39.2. The molecular weight excluding hydrogens is 745 g/mol. The number of amides is 5. The van der Waals surface area contributed by atoms with Gasteiger partial charge in [-0.3, -0.25) is 4.79 Å². The molecule has 1 unspecified atom stereocenters. The first kappa shape index (κ1) is 52.1. The van der Waals surface area contributed by atoms with Crippen LogP contribution in [0.4, 0.5) is 21.0 Å². The maximum atomic E-state index is 13.1. The summed E-state index contributed by atoms with van der Waals surface area (Å²) < 4.78 is 0. The van der Waals surface area contributed by atoms with Gasteiger partial charge in [0.05, 0.1) is 0 Å². The van der Waals surface area contributed by atoms with Gasteiger partial charge >= 0.3 is 12.1 Å². The highest BCUT2D eigenvalue weighted by atomic mass is 16.2. The van der Waals surface area contributed by atoms with Crippen molar-refractivity contribution >= 4 is 41.5 Å². The van der Waals surface area contributed by atoms with E-state index >= 15 is 0 Å². The van der Waals surface area contributed by atoms with Crippen LogP contribution in [0.5, 0.6) is 0 Å². The van der Waals surface area contributed by atoms with E-state index in [1.54, 1.807) is 0 Å². The van der Waals surface area contributed by atoms with E-state index in [-0.39, 0.29) is 29.3 Å². The highest BCUT2D eigenvalue weighted by Gasteiger charge is 2.26. The maximum absolute atomic E-state index is 13.1. The van der Waals surface area contributed by atoms with Crippen molar-refractivity contribution in [1.29, 1.82) is 0 Å². The fourth-order valence-electron chi connectivity index (χ4n) is 7.69. The third kappa shape index (κ3) is 24.3. The molecule has 2 aromatic rings. The molecule has 0 aliphatic carbocycles. The fraction of sp³-hybridized carbons (Fsp3) is 0.667. The van der Waals surface area contributed by atoms with Gasteiger partial charge in [-0.1, -0.05) is 181 Å². The molecular formula is C51H86N6O3. The fourth-order valence-corrected chi connectivity index (χ4v) is 7.69. The van der Waals surface area contributed by atoms with E-state index in [2.05, 4.69) is 95.6 Å². The Morgan fingerprint density at radius 2 is 1.13 bits per heavy atom. The van der Waals surface area contributed by atoms with E-state index in [0.29, 0.717) is 25.6 Å². The van der Waals surface area contributed by atoms with Crippen molar-refractivity contribution in [2.75, 3.05) is 43.9 Å². The largest absolute Gasteiger partial charge is 0.378 e. The van der Waals surface area contributed by atoms with Gasteiger partial charge in [0.2, 0.25) is 5.91 Å². The van der Waals surface area contributed by atoms with E-state index < -0.39 is 6.04 Å². The Balaban J connectivity index is 1.58. The number of carbonyl (C=O) groups excluding carboxylic acids is 3. The van der Waals surface area contributed by atoms with Gasteiger partial charge in [-0.25, -0.2) is 9.59 Å². The molecule has 3 atom stereocenters. The maximum Gasteiger partial charge on any atom is 0.319 e. The van der Waals surface area contributed by atoms with Crippen LogP contribution in [-0.4, -0.2) is 57.7 Å². The molecule has 9 nitrogen and oxygen atoms in total. The lowest BCUT2D eigenvalue weighted by atomic mass is 9.82. The minimum Gasteiger partial charge on any atom is -0.378 e. The van der Waals surface area contributed by atoms with Crippen LogP contribution in [0, 0.1) is 17.3 Å². The highest BCUT2D eigenvalue weighted by molar-refractivity contribution is 5.89. The molecule has 0 radical (unpaired) electrons. The van der Waals surface area contributed by atoms with Crippen LogP contribution >= 0.6 is 0 Å². The monoisotopic (exact) mass is 831 g/mol. The van der Waals surface area contributed by atoms with Crippen molar-refractivity contribution < 1.29 is 14.4 Å². The summed E-state index contributed by atoms with van der Waals surface area (Å²) in [6.45, 7) is 14.5. The smallest absolute Gasteiger partial charge is 0.319 e. The average molecular weight is 831 g/mol. The predicted octanol–water partition coefficient (Wildman–Crippen LogP) is 12.6. The number of anilines is 2. The molecule has 0 aromatic heterocycles. The van der Waals surface area contributed by atoms with Crippen LogP contribution in [0.25, 0.3) is 12.2 Å². The summed E-state index contributed by atoms with van der Waals surface area (Å²) in [7, 11) is 4.06. The van der Waals surface area contributed by atoms with E-state index in [0.717, 1.165) is 54.6 Å². The Morgan fingerprint density at radius 1 is 0.633 bits per heavy atom. The molecule has 5 N–H and O–H groups in total. The molecule has 0 saturated carbocycles. The van der Waals surface area contributed by atoms with Gasteiger partial charge < -0.3 is 31.5 Å². The van der Waals surface area contributed by atoms with E-state index in [1.165, 1.54) is 89.9 Å². The number of carbonyl (C=O) groups is 3. The number of nitrogens with one attached hydrogen (secondary N) is 5. The third-order valence-electron chi connectivity index (χ3n) is 11.7. The van der Waals surface area contributed by atoms with Crippen LogP contribution in [0.2, 0.25) is 0 Å². The van der Waals surface area contributed by atoms with Crippen LogP contribution in [0.1, 0.15) is 175 Å². The summed E-state index contributed by atoms with van der Waals surface area (Å²) >= 11 is 0. The summed E-state index contributed by atoms with van der Waals surface area (Å²) in [5.41, 5.74) is 3.94. The molecule has 5 amide bonds. The standard InChI is InChI=1S/C51H86N6O3/c1-9-11-12-13-14-15-16-17-18-19-20-21-22-23-24-25-37-52-48(58)47(42(4)10-2)56-49(59)53-38-36-41(3)39-51(5,6)40-54-50(60)55-45-32-28-43(29-33-45)26-27-44-30-34-46(35-31-44)57(7)8/h26-35,41-42,47H,9-25,36-40H2,1-8H3,(H,52,58)(H2,53,56,59)(H2,54,55,60)/b27-26+/t41?,42-,47-/m0/s1. The first-order valence-electron chi connectivity index (χ1n) is 23.8. The summed E-state index contributed by atoms with van der Waals surface area (Å²) in [5, 5.41) is 15.0. The number of benzene rings is 2. The van der Waals surface area contributed by atoms with Gasteiger partial charge in [0.25, 0.3) is 0 Å². The molecule has 338 valence electrons. The van der Waals surface area contributed by atoms with Gasteiger partial charge in [0.15, 0.2) is 0 Å². The predicted molar refractivity (Wildman–Crippen MR) is 258 cm³/mol. The summed E-state index contributed by atoms with van der Waals surface area (Å²) in [6.07, 6.45) is 27.8.